The second kappa shape index (κ2) is 9.36. The molecule has 13 heteroatoms. The average Bonchev–Trinajstić information content (AvgIpc) is 2.76. The third-order valence-electron chi connectivity index (χ3n) is 4.52. The molecule has 0 aromatic heterocycles. The summed E-state index contributed by atoms with van der Waals surface area (Å²) >= 11 is 2.05. The summed E-state index contributed by atoms with van der Waals surface area (Å²) in [5.74, 6) is -3.38. The van der Waals surface area contributed by atoms with Gasteiger partial charge in [-0.15, -0.1) is 23.5 Å². The number of nitro groups is 1. The van der Waals surface area contributed by atoms with E-state index in [2.05, 4.69) is 5.32 Å². The Labute approximate surface area is 183 Å². The number of rotatable bonds is 7. The molecule has 1 aromatic carbocycles. The summed E-state index contributed by atoms with van der Waals surface area (Å²) in [7, 11) is 0. The maximum atomic E-state index is 14.4. The Kier molecular flexibility index (Phi) is 6.81. The number of ether oxygens (including phenoxy) is 1. The fraction of sp³-hybridized carbons (Fsp3) is 0.333. The number of non-ortho nitro benzene ring substituents is 1. The molecule has 3 rings (SSSR count). The minimum Gasteiger partial charge on any atom is -0.456 e. The van der Waals surface area contributed by atoms with Crippen LogP contribution in [0.25, 0.3) is 0 Å². The van der Waals surface area contributed by atoms with Crippen molar-refractivity contribution in [1.82, 2.24) is 10.2 Å². The number of carbonyl (C=O) groups excluding carboxylic acids is 3. The molecule has 10 nitrogen and oxygen atoms in total. The first-order valence-electron chi connectivity index (χ1n) is 8.75. The van der Waals surface area contributed by atoms with Gasteiger partial charge in [0.1, 0.15) is 23.8 Å². The molecule has 1 fully saturated rings. The number of fused-ring (bicyclic) bond motifs is 1. The van der Waals surface area contributed by atoms with Gasteiger partial charge in [0.2, 0.25) is 5.91 Å². The zero-order chi connectivity index (χ0) is 22.7. The molecule has 1 N–H and O–H groups in total. The number of hydrogen-bond donors (Lipinski definition) is 1. The quantitative estimate of drug-likeness (QED) is 0.273. The smallest absolute Gasteiger partial charge is 0.358 e. The second-order valence-electron chi connectivity index (χ2n) is 6.39. The van der Waals surface area contributed by atoms with Gasteiger partial charge in [-0.05, 0) is 24.0 Å². The molecule has 2 aliphatic rings. The lowest BCUT2D eigenvalue weighted by molar-refractivity contribution is -0.384. The molecule has 1 aromatic rings. The van der Waals surface area contributed by atoms with Gasteiger partial charge in [0, 0.05) is 17.9 Å². The molecule has 2 heterocycles. The maximum Gasteiger partial charge on any atom is 0.358 e. The Morgan fingerprint density at radius 2 is 2.16 bits per heavy atom. The zero-order valence-electron chi connectivity index (χ0n) is 15.9. The van der Waals surface area contributed by atoms with E-state index in [0.29, 0.717) is 5.56 Å². The lowest BCUT2D eigenvalue weighted by Gasteiger charge is -2.48. The van der Waals surface area contributed by atoms with Crippen molar-refractivity contribution in [2.75, 3.05) is 12.0 Å². The molecular formula is C18H15FN4O6S2. The van der Waals surface area contributed by atoms with Crippen molar-refractivity contribution in [1.29, 1.82) is 5.26 Å². The van der Waals surface area contributed by atoms with Gasteiger partial charge in [-0.2, -0.15) is 5.26 Å². The Bertz CT molecular complexity index is 1010. The predicted molar refractivity (Wildman–Crippen MR) is 109 cm³/mol. The number of halogens is 1. The summed E-state index contributed by atoms with van der Waals surface area (Å²) in [6.45, 7) is -0.273. The molecule has 2 unspecified atom stereocenters. The molecule has 31 heavy (non-hydrogen) atoms. The van der Waals surface area contributed by atoms with E-state index in [9.17, 15) is 28.9 Å². The van der Waals surface area contributed by atoms with Crippen molar-refractivity contribution in [3.63, 3.8) is 0 Å². The Hall–Kier alpha value is -3.11. The fourth-order valence-corrected chi connectivity index (χ4v) is 4.53. The molecule has 2 amide bonds. The lowest BCUT2D eigenvalue weighted by Crippen LogP contribution is -2.71. The molecule has 2 aliphatic heterocycles. The minimum absolute atomic E-state index is 0.129. The molecule has 0 saturated carbocycles. The first-order chi connectivity index (χ1) is 14.8. The van der Waals surface area contributed by atoms with Crippen LogP contribution in [0, 0.1) is 21.4 Å². The third kappa shape index (κ3) is 4.49. The summed E-state index contributed by atoms with van der Waals surface area (Å²) < 4.78 is 19.5. The highest BCUT2D eigenvalue weighted by Gasteiger charge is 2.55. The largest absolute Gasteiger partial charge is 0.456 e. The monoisotopic (exact) mass is 466 g/mol. The second-order valence-corrected chi connectivity index (χ2v) is 8.44. The Balaban J connectivity index is 1.66. The van der Waals surface area contributed by atoms with Crippen molar-refractivity contribution in [2.45, 2.75) is 23.3 Å². The van der Waals surface area contributed by atoms with Crippen molar-refractivity contribution < 1.29 is 28.4 Å². The Morgan fingerprint density at radius 3 is 2.74 bits per heavy atom. The van der Waals surface area contributed by atoms with Gasteiger partial charge in [-0.25, -0.2) is 9.18 Å². The van der Waals surface area contributed by atoms with Crippen LogP contribution in [0.4, 0.5) is 10.1 Å². The van der Waals surface area contributed by atoms with Gasteiger partial charge in [0.05, 0.1) is 11.0 Å². The molecular weight excluding hydrogens is 451 g/mol. The number of thioether (sulfide) groups is 2. The standard InChI is InChI=1S/C18H15FN4O6S2/c1-30-12(6-20)15(24)21-13-16(25)22-14(11(19)8-31-17(13)22)18(26)29-7-9-2-4-10(5-3-9)23(27)28/h2-5,12-13,17H,7-8H2,1H3,(H,21,24)/t12?,13?,17-/m0/s1. The molecule has 1 saturated heterocycles. The van der Waals surface area contributed by atoms with Crippen molar-refractivity contribution in [3.8, 4) is 6.07 Å². The van der Waals surface area contributed by atoms with E-state index in [-0.39, 0.29) is 18.0 Å². The van der Waals surface area contributed by atoms with E-state index in [4.69, 9.17) is 10.00 Å². The Morgan fingerprint density at radius 1 is 1.48 bits per heavy atom. The summed E-state index contributed by atoms with van der Waals surface area (Å²) in [4.78, 5) is 48.1. The van der Waals surface area contributed by atoms with Crippen LogP contribution in [-0.2, 0) is 25.7 Å². The number of hydrogen-bond acceptors (Lipinski definition) is 9. The fourth-order valence-electron chi connectivity index (χ4n) is 2.95. The molecule has 0 aliphatic carbocycles. The number of nitrogens with zero attached hydrogens (tertiary/aromatic N) is 3. The highest BCUT2D eigenvalue weighted by molar-refractivity contribution is 8.00. The topological polar surface area (TPSA) is 143 Å². The minimum atomic E-state index is -1.06. The van der Waals surface area contributed by atoms with E-state index in [1.54, 1.807) is 12.3 Å². The zero-order valence-corrected chi connectivity index (χ0v) is 17.6. The number of nitriles is 1. The van der Waals surface area contributed by atoms with Gasteiger partial charge >= 0.3 is 5.97 Å². The van der Waals surface area contributed by atoms with Gasteiger partial charge in [-0.3, -0.25) is 24.6 Å². The summed E-state index contributed by atoms with van der Waals surface area (Å²) in [5, 5.41) is 20.4. The molecule has 162 valence electrons. The van der Waals surface area contributed by atoms with Crippen LogP contribution >= 0.6 is 23.5 Å². The first kappa shape index (κ1) is 22.6. The number of β-lactam (4-membered cyclic amide) rings is 1. The highest BCUT2D eigenvalue weighted by Crippen LogP contribution is 2.41. The summed E-state index contributed by atoms with van der Waals surface area (Å²) in [6, 6.07) is 6.10. The van der Waals surface area contributed by atoms with Gasteiger partial charge in [0.15, 0.2) is 10.9 Å². The van der Waals surface area contributed by atoms with Gasteiger partial charge < -0.3 is 10.1 Å². The SMILES string of the molecule is CSC(C#N)C(=O)NC1C(=O)N2C(C(=O)OCc3ccc([N+](=O)[O-])cc3)=C(F)CS[C@@H]12. The van der Waals surface area contributed by atoms with E-state index in [1.165, 1.54) is 24.3 Å². The van der Waals surface area contributed by atoms with Crippen molar-refractivity contribution >= 4 is 47.0 Å². The molecule has 0 bridgehead atoms. The van der Waals surface area contributed by atoms with Crippen LogP contribution in [-0.4, -0.2) is 56.3 Å². The maximum absolute atomic E-state index is 14.4. The number of nitro benzene ring substituents is 1. The van der Waals surface area contributed by atoms with E-state index in [1.807, 2.05) is 0 Å². The van der Waals surface area contributed by atoms with Gasteiger partial charge in [-0.1, -0.05) is 0 Å². The third-order valence-corrected chi connectivity index (χ3v) is 6.56. The van der Waals surface area contributed by atoms with Crippen LogP contribution in [0.5, 0.6) is 0 Å². The van der Waals surface area contributed by atoms with E-state index in [0.717, 1.165) is 28.4 Å². The molecule has 0 radical (unpaired) electrons. The van der Waals surface area contributed by atoms with Gasteiger partial charge in [0.25, 0.3) is 11.6 Å². The lowest BCUT2D eigenvalue weighted by atomic mass is 10.0. The predicted octanol–water partition coefficient (Wildman–Crippen LogP) is 1.47. The van der Waals surface area contributed by atoms with Crippen LogP contribution in [0.1, 0.15) is 5.56 Å². The van der Waals surface area contributed by atoms with Crippen LogP contribution in [0.3, 0.4) is 0 Å². The van der Waals surface area contributed by atoms with E-state index >= 15 is 0 Å². The first-order valence-corrected chi connectivity index (χ1v) is 11.1. The molecule has 0 spiro atoms. The van der Waals surface area contributed by atoms with Crippen molar-refractivity contribution in [3.05, 3.63) is 51.5 Å². The summed E-state index contributed by atoms with van der Waals surface area (Å²) in [6.07, 6.45) is 1.58. The summed E-state index contributed by atoms with van der Waals surface area (Å²) in [5.41, 5.74) is -0.209. The van der Waals surface area contributed by atoms with Crippen LogP contribution in [0.2, 0.25) is 0 Å². The number of carbonyl (C=O) groups is 3. The number of benzene rings is 1. The number of esters is 1. The molecule has 3 atom stereocenters. The van der Waals surface area contributed by atoms with Crippen LogP contribution in [0.15, 0.2) is 35.8 Å². The van der Waals surface area contributed by atoms with E-state index < -0.39 is 50.9 Å². The number of nitrogens with one attached hydrogen (secondary N) is 1. The number of amides is 2. The average molecular weight is 466 g/mol. The highest BCUT2D eigenvalue weighted by atomic mass is 32.2. The normalized spacial score (nSPS) is 20.8. The van der Waals surface area contributed by atoms with Crippen molar-refractivity contribution in [2.24, 2.45) is 0 Å². The van der Waals surface area contributed by atoms with Crippen LogP contribution < -0.4 is 5.32 Å².